The van der Waals surface area contributed by atoms with Crippen LogP contribution in [0, 0.1) is 17.8 Å². The molecule has 0 unspecified atom stereocenters. The second kappa shape index (κ2) is 4.85. The molecule has 0 spiro atoms. The highest BCUT2D eigenvalue weighted by Gasteiger charge is 2.57. The zero-order valence-corrected chi connectivity index (χ0v) is 14.5. The highest BCUT2D eigenvalue weighted by atomic mass is 16.6. The van der Waals surface area contributed by atoms with Gasteiger partial charge in [0.1, 0.15) is 0 Å². The predicted octanol–water partition coefficient (Wildman–Crippen LogP) is 2.91. The van der Waals surface area contributed by atoms with Crippen molar-refractivity contribution < 1.29 is 19.4 Å². The molecule has 130 valence electrons. The number of carbonyl (C=O) groups is 1. The van der Waals surface area contributed by atoms with Crippen molar-refractivity contribution >= 4 is 6.09 Å². The third-order valence-electron chi connectivity index (χ3n) is 6.93. The molecule has 1 aliphatic heterocycles. The van der Waals surface area contributed by atoms with Gasteiger partial charge < -0.3 is 14.6 Å². The zero-order chi connectivity index (χ0) is 16.5. The molecule has 0 aromatic rings. The Hall–Kier alpha value is -0.810. The van der Waals surface area contributed by atoms with Crippen molar-refractivity contribution in [1.29, 1.82) is 0 Å². The minimum Gasteiger partial charge on any atom is -0.438 e. The Morgan fingerprint density at radius 3 is 2.09 bits per heavy atom. The lowest BCUT2D eigenvalue weighted by atomic mass is 9.54. The molecule has 4 aliphatic carbocycles. The van der Waals surface area contributed by atoms with Gasteiger partial charge in [0.25, 0.3) is 0 Å². The van der Waals surface area contributed by atoms with Gasteiger partial charge in [0.05, 0.1) is 18.8 Å². The second-order valence-electron chi connectivity index (χ2n) is 9.00. The molecule has 5 heteroatoms. The summed E-state index contributed by atoms with van der Waals surface area (Å²) < 4.78 is 11.7. The molecular formula is C18H29NO4. The minimum absolute atomic E-state index is 0.0414. The molecular weight excluding hydrogens is 294 g/mol. The van der Waals surface area contributed by atoms with E-state index in [1.807, 2.05) is 0 Å². The first-order valence-corrected chi connectivity index (χ1v) is 9.08. The Morgan fingerprint density at radius 2 is 1.65 bits per heavy atom. The molecule has 1 N–H and O–H groups in total. The molecule has 5 aliphatic rings. The molecule has 1 amide bonds. The number of ether oxygens (including phenoxy) is 2. The van der Waals surface area contributed by atoms with Crippen molar-refractivity contribution in [1.82, 2.24) is 4.90 Å². The molecule has 1 atom stereocenters. The van der Waals surface area contributed by atoms with E-state index in [4.69, 9.17) is 9.47 Å². The largest absolute Gasteiger partial charge is 0.438 e. The highest BCUT2D eigenvalue weighted by Crippen LogP contribution is 2.57. The fourth-order valence-corrected chi connectivity index (χ4v) is 5.74. The molecule has 0 aromatic carbocycles. The average Bonchev–Trinajstić information content (AvgIpc) is 2.55. The lowest BCUT2D eigenvalue weighted by Crippen LogP contribution is -2.55. The molecule has 5 nitrogen and oxygen atoms in total. The van der Waals surface area contributed by atoms with Gasteiger partial charge in [0.2, 0.25) is 0 Å². The Labute approximate surface area is 138 Å². The summed E-state index contributed by atoms with van der Waals surface area (Å²) in [6.45, 7) is 5.99. The van der Waals surface area contributed by atoms with E-state index in [0.717, 1.165) is 17.8 Å². The Balaban J connectivity index is 1.38. The number of hydrogen-bond acceptors (Lipinski definition) is 4. The third kappa shape index (κ3) is 2.39. The summed E-state index contributed by atoms with van der Waals surface area (Å²) in [5.41, 5.74) is -2.15. The maximum Gasteiger partial charge on any atom is 0.412 e. The minimum atomic E-state index is -1.30. The van der Waals surface area contributed by atoms with Crippen molar-refractivity contribution in [2.24, 2.45) is 17.8 Å². The first-order chi connectivity index (χ1) is 10.7. The number of cyclic esters (lactones) is 1. The monoisotopic (exact) mass is 323 g/mol. The van der Waals surface area contributed by atoms with Crippen LogP contribution in [0.1, 0.15) is 59.3 Å². The van der Waals surface area contributed by atoms with Crippen LogP contribution in [0.4, 0.5) is 4.79 Å². The van der Waals surface area contributed by atoms with E-state index in [1.165, 1.54) is 43.4 Å². The van der Waals surface area contributed by atoms with Crippen LogP contribution in [0.2, 0.25) is 0 Å². The van der Waals surface area contributed by atoms with Crippen LogP contribution in [0.15, 0.2) is 0 Å². The van der Waals surface area contributed by atoms with Gasteiger partial charge in [-0.05, 0) is 77.0 Å². The van der Waals surface area contributed by atoms with Crippen LogP contribution in [-0.2, 0) is 9.47 Å². The summed E-state index contributed by atoms with van der Waals surface area (Å²) in [4.78, 5) is 13.5. The van der Waals surface area contributed by atoms with Crippen molar-refractivity contribution in [3.8, 4) is 0 Å². The van der Waals surface area contributed by atoms with E-state index < -0.39 is 17.4 Å². The van der Waals surface area contributed by atoms with Gasteiger partial charge in [0.15, 0.2) is 11.3 Å². The topological polar surface area (TPSA) is 59.0 Å². The predicted molar refractivity (Wildman–Crippen MR) is 84.7 cm³/mol. The fourth-order valence-electron chi connectivity index (χ4n) is 5.74. The standard InChI is InChI=1S/C18H29NO4/c1-16(2)17(3,21)19(15(20)23-16)4-5-22-18-9-12-6-13(10-18)8-14(7-12)11-18/h12-14,21H,4-11H2,1-3H3/t12?,13?,14?,17-,18?/m1/s1. The van der Waals surface area contributed by atoms with Crippen LogP contribution < -0.4 is 0 Å². The molecule has 5 fully saturated rings. The van der Waals surface area contributed by atoms with E-state index in [1.54, 1.807) is 20.8 Å². The lowest BCUT2D eigenvalue weighted by molar-refractivity contribution is -0.173. The van der Waals surface area contributed by atoms with Gasteiger partial charge in [-0.25, -0.2) is 4.79 Å². The summed E-state index contributed by atoms with van der Waals surface area (Å²) in [6.07, 6.45) is 7.29. The first kappa shape index (κ1) is 15.7. The first-order valence-electron chi connectivity index (χ1n) is 9.08. The Bertz CT molecular complexity index is 478. The van der Waals surface area contributed by atoms with Crippen LogP contribution in [0.25, 0.3) is 0 Å². The average molecular weight is 323 g/mol. The maximum atomic E-state index is 12.0. The van der Waals surface area contributed by atoms with Crippen LogP contribution in [0.5, 0.6) is 0 Å². The normalized spacial score (nSPS) is 47.2. The quantitative estimate of drug-likeness (QED) is 0.864. The molecule has 4 bridgehead atoms. The van der Waals surface area contributed by atoms with Gasteiger partial charge in [-0.2, -0.15) is 0 Å². The van der Waals surface area contributed by atoms with Crippen LogP contribution in [-0.4, -0.2) is 46.2 Å². The van der Waals surface area contributed by atoms with E-state index in [2.05, 4.69) is 0 Å². The van der Waals surface area contributed by atoms with Gasteiger partial charge >= 0.3 is 6.09 Å². The highest BCUT2D eigenvalue weighted by molar-refractivity contribution is 5.72. The smallest absolute Gasteiger partial charge is 0.412 e. The van der Waals surface area contributed by atoms with Crippen molar-refractivity contribution in [3.05, 3.63) is 0 Å². The molecule has 1 saturated heterocycles. The molecule has 0 aromatic heterocycles. The van der Waals surface area contributed by atoms with E-state index in [9.17, 15) is 9.90 Å². The lowest BCUT2D eigenvalue weighted by Gasteiger charge is -2.56. The van der Waals surface area contributed by atoms with Gasteiger partial charge in [-0.1, -0.05) is 0 Å². The Kier molecular flexibility index (Phi) is 3.31. The Morgan fingerprint density at radius 1 is 1.13 bits per heavy atom. The summed E-state index contributed by atoms with van der Waals surface area (Å²) in [6, 6.07) is 0. The number of hydrogen-bond donors (Lipinski definition) is 1. The van der Waals surface area contributed by atoms with Gasteiger partial charge in [0, 0.05) is 0 Å². The zero-order valence-electron chi connectivity index (χ0n) is 14.5. The summed E-state index contributed by atoms with van der Waals surface area (Å²) in [5, 5.41) is 10.6. The molecule has 1 heterocycles. The van der Waals surface area contributed by atoms with Crippen molar-refractivity contribution in [2.45, 2.75) is 76.2 Å². The number of carbonyl (C=O) groups excluding carboxylic acids is 1. The number of aliphatic hydroxyl groups is 1. The summed E-state index contributed by atoms with van der Waals surface area (Å²) in [5.74, 6) is 2.54. The fraction of sp³-hybridized carbons (Fsp3) is 0.944. The van der Waals surface area contributed by atoms with Crippen LogP contribution in [0.3, 0.4) is 0 Å². The molecule has 23 heavy (non-hydrogen) atoms. The van der Waals surface area contributed by atoms with E-state index >= 15 is 0 Å². The molecule has 5 rings (SSSR count). The number of rotatable bonds is 4. The van der Waals surface area contributed by atoms with Gasteiger partial charge in [-0.15, -0.1) is 0 Å². The number of amides is 1. The SMILES string of the molecule is CC1(C)OC(=O)N(CCOC23CC4CC(CC(C4)C2)C3)[C@]1(C)O. The van der Waals surface area contributed by atoms with E-state index in [-0.39, 0.29) is 5.60 Å². The molecule has 0 radical (unpaired) electrons. The number of nitrogens with zero attached hydrogens (tertiary/aromatic N) is 1. The maximum absolute atomic E-state index is 12.0. The van der Waals surface area contributed by atoms with E-state index in [0.29, 0.717) is 13.2 Å². The third-order valence-corrected chi connectivity index (χ3v) is 6.93. The second-order valence-corrected chi connectivity index (χ2v) is 9.00. The molecule has 4 saturated carbocycles. The summed E-state index contributed by atoms with van der Waals surface area (Å²) >= 11 is 0. The van der Waals surface area contributed by atoms with Crippen molar-refractivity contribution in [3.63, 3.8) is 0 Å². The van der Waals surface area contributed by atoms with Crippen LogP contribution >= 0.6 is 0 Å². The van der Waals surface area contributed by atoms with Crippen molar-refractivity contribution in [2.75, 3.05) is 13.2 Å². The van der Waals surface area contributed by atoms with Gasteiger partial charge in [-0.3, -0.25) is 4.90 Å². The summed E-state index contributed by atoms with van der Waals surface area (Å²) in [7, 11) is 0.